The molecular formula is C19H21N3O4. The van der Waals surface area contributed by atoms with Crippen LogP contribution < -0.4 is 10.5 Å². The number of phenolic OH excluding ortho intramolecular Hbond substituents is 1. The van der Waals surface area contributed by atoms with Gasteiger partial charge in [-0.1, -0.05) is 12.5 Å². The van der Waals surface area contributed by atoms with Crippen molar-refractivity contribution >= 4 is 12.3 Å². The number of pyridine rings is 1. The fourth-order valence-electron chi connectivity index (χ4n) is 2.80. The minimum absolute atomic E-state index is 0.0790. The van der Waals surface area contributed by atoms with Gasteiger partial charge in [0.2, 0.25) is 0 Å². The number of benzene rings is 1. The third kappa shape index (κ3) is 4.03. The number of ether oxygens (including phenoxy) is 1. The molecular weight excluding hydrogens is 334 g/mol. The van der Waals surface area contributed by atoms with E-state index in [1.807, 2.05) is 13.0 Å². The van der Waals surface area contributed by atoms with Crippen molar-refractivity contribution in [2.75, 3.05) is 12.3 Å². The number of aromatic hydroxyl groups is 1. The van der Waals surface area contributed by atoms with Gasteiger partial charge < -0.3 is 20.7 Å². The van der Waals surface area contributed by atoms with E-state index in [0.717, 1.165) is 29.7 Å². The minimum atomic E-state index is -0.250. The summed E-state index contributed by atoms with van der Waals surface area (Å²) < 4.78 is 5.43. The average Bonchev–Trinajstić information content (AvgIpc) is 2.56. The lowest BCUT2D eigenvalue weighted by molar-refractivity contribution is -0.122. The number of hydrogen-bond acceptors (Lipinski definition) is 6. The highest BCUT2D eigenvalue weighted by Gasteiger charge is 2.23. The maximum absolute atomic E-state index is 9.86. The van der Waals surface area contributed by atoms with Crippen molar-refractivity contribution in [1.82, 2.24) is 4.98 Å². The molecule has 0 aliphatic heterocycles. The minimum Gasteiger partial charge on any atom is -0.504 e. The van der Waals surface area contributed by atoms with Crippen molar-refractivity contribution in [3.63, 3.8) is 0 Å². The number of carboxylic acid groups (broad SMARTS) is 1. The summed E-state index contributed by atoms with van der Waals surface area (Å²) in [4.78, 5) is 12.8. The van der Waals surface area contributed by atoms with Gasteiger partial charge in [0, 0.05) is 17.2 Å². The lowest BCUT2D eigenvalue weighted by Gasteiger charge is -2.25. The van der Waals surface area contributed by atoms with E-state index in [2.05, 4.69) is 11.1 Å². The Labute approximate surface area is 151 Å². The first-order valence-electron chi connectivity index (χ1n) is 8.30. The number of anilines is 1. The number of nitriles is 1. The highest BCUT2D eigenvalue weighted by atomic mass is 16.5. The summed E-state index contributed by atoms with van der Waals surface area (Å²) in [5.74, 6) is 1.16. The monoisotopic (exact) mass is 355 g/mol. The highest BCUT2D eigenvalue weighted by molar-refractivity contribution is 5.77. The standard InChI is InChI=1S/C18H19N3O2.CH2O2/c1-2-23-17-8-12(6-7-16(17)22)13-9-15(11-4-3-5-11)21-18(20)14(13)10-19;2-1-3/h6-9,11,22H,2-5H2,1H3,(H2,20,21);1H,(H,2,3). The van der Waals surface area contributed by atoms with E-state index < -0.39 is 0 Å². The van der Waals surface area contributed by atoms with Crippen LogP contribution in [0.4, 0.5) is 5.82 Å². The topological polar surface area (TPSA) is 129 Å². The summed E-state index contributed by atoms with van der Waals surface area (Å²) in [6.45, 7) is 2.06. The van der Waals surface area contributed by atoms with E-state index in [1.54, 1.807) is 18.2 Å². The van der Waals surface area contributed by atoms with Gasteiger partial charge in [-0.3, -0.25) is 4.79 Å². The van der Waals surface area contributed by atoms with Gasteiger partial charge in [0.05, 0.1) is 6.61 Å². The van der Waals surface area contributed by atoms with Crippen LogP contribution in [0.5, 0.6) is 11.5 Å². The Bertz CT molecular complexity index is 826. The van der Waals surface area contributed by atoms with Gasteiger partial charge in [-0.15, -0.1) is 0 Å². The van der Waals surface area contributed by atoms with Crippen molar-refractivity contribution in [2.24, 2.45) is 0 Å². The lowest BCUT2D eigenvalue weighted by atomic mass is 9.81. The van der Waals surface area contributed by atoms with E-state index in [1.165, 1.54) is 6.42 Å². The summed E-state index contributed by atoms with van der Waals surface area (Å²) in [7, 11) is 0. The van der Waals surface area contributed by atoms with Crippen LogP contribution in [-0.2, 0) is 4.79 Å². The molecule has 1 saturated carbocycles. The molecule has 0 saturated heterocycles. The molecule has 1 aliphatic carbocycles. The number of nitrogens with zero attached hydrogens (tertiary/aromatic N) is 2. The van der Waals surface area contributed by atoms with Gasteiger partial charge in [0.25, 0.3) is 6.47 Å². The molecule has 0 spiro atoms. The number of phenols is 1. The van der Waals surface area contributed by atoms with Crippen LogP contribution in [0, 0.1) is 11.3 Å². The van der Waals surface area contributed by atoms with Gasteiger partial charge in [-0.2, -0.15) is 5.26 Å². The molecule has 7 nitrogen and oxygen atoms in total. The first kappa shape index (κ1) is 19.1. The van der Waals surface area contributed by atoms with E-state index in [0.29, 0.717) is 23.8 Å². The third-order valence-electron chi connectivity index (χ3n) is 4.27. The molecule has 7 heteroatoms. The predicted molar refractivity (Wildman–Crippen MR) is 96.9 cm³/mol. The molecule has 0 amide bonds. The van der Waals surface area contributed by atoms with Crippen molar-refractivity contribution in [2.45, 2.75) is 32.1 Å². The van der Waals surface area contributed by atoms with Crippen LogP contribution in [0.1, 0.15) is 43.4 Å². The molecule has 0 radical (unpaired) electrons. The molecule has 2 aromatic rings. The van der Waals surface area contributed by atoms with Crippen molar-refractivity contribution in [1.29, 1.82) is 5.26 Å². The van der Waals surface area contributed by atoms with Gasteiger partial charge in [-0.05, 0) is 43.5 Å². The number of nitrogens with two attached hydrogens (primary N) is 1. The van der Waals surface area contributed by atoms with Crippen LogP contribution in [-0.4, -0.2) is 28.3 Å². The maximum atomic E-state index is 9.86. The molecule has 0 unspecified atom stereocenters. The smallest absolute Gasteiger partial charge is 0.290 e. The van der Waals surface area contributed by atoms with Gasteiger partial charge >= 0.3 is 0 Å². The fourth-order valence-corrected chi connectivity index (χ4v) is 2.80. The fraction of sp³-hybridized carbons (Fsp3) is 0.316. The predicted octanol–water partition coefficient (Wildman–Crippen LogP) is 3.28. The SMILES string of the molecule is CCOc1cc(-c2cc(C3CCC3)nc(N)c2C#N)ccc1O.O=CO. The van der Waals surface area contributed by atoms with Crippen LogP contribution in [0.3, 0.4) is 0 Å². The Morgan fingerprint density at radius 1 is 1.42 bits per heavy atom. The zero-order valence-electron chi connectivity index (χ0n) is 14.5. The Kier molecular flexibility index (Phi) is 6.39. The molecule has 26 heavy (non-hydrogen) atoms. The summed E-state index contributed by atoms with van der Waals surface area (Å²) in [5.41, 5.74) is 8.83. The molecule has 3 rings (SSSR count). The second-order valence-corrected chi connectivity index (χ2v) is 5.82. The number of rotatable bonds is 4. The van der Waals surface area contributed by atoms with E-state index in [9.17, 15) is 10.4 Å². The van der Waals surface area contributed by atoms with Gasteiger partial charge in [0.15, 0.2) is 11.5 Å². The van der Waals surface area contributed by atoms with Crippen molar-refractivity contribution in [3.8, 4) is 28.7 Å². The molecule has 1 heterocycles. The average molecular weight is 355 g/mol. The molecule has 1 aromatic heterocycles. The first-order chi connectivity index (χ1) is 12.5. The molecule has 136 valence electrons. The number of aromatic nitrogens is 1. The summed E-state index contributed by atoms with van der Waals surface area (Å²) in [6, 6.07) is 9.15. The second-order valence-electron chi connectivity index (χ2n) is 5.82. The quantitative estimate of drug-likeness (QED) is 0.718. The summed E-state index contributed by atoms with van der Waals surface area (Å²) >= 11 is 0. The largest absolute Gasteiger partial charge is 0.504 e. The normalized spacial score (nSPS) is 12.9. The van der Waals surface area contributed by atoms with E-state index in [4.69, 9.17) is 20.4 Å². The van der Waals surface area contributed by atoms with Crippen molar-refractivity contribution in [3.05, 3.63) is 35.5 Å². The number of hydrogen-bond donors (Lipinski definition) is 3. The Morgan fingerprint density at radius 3 is 2.65 bits per heavy atom. The van der Waals surface area contributed by atoms with Gasteiger partial charge in [0.1, 0.15) is 17.5 Å². The third-order valence-corrected chi connectivity index (χ3v) is 4.27. The maximum Gasteiger partial charge on any atom is 0.290 e. The molecule has 1 aromatic carbocycles. The second kappa shape index (κ2) is 8.72. The van der Waals surface area contributed by atoms with Crippen LogP contribution >= 0.6 is 0 Å². The Morgan fingerprint density at radius 2 is 2.12 bits per heavy atom. The van der Waals surface area contributed by atoms with E-state index in [-0.39, 0.29) is 18.0 Å². The first-order valence-corrected chi connectivity index (χ1v) is 8.30. The summed E-state index contributed by atoms with van der Waals surface area (Å²) in [6.07, 6.45) is 3.42. The number of carbonyl (C=O) groups is 1. The zero-order valence-corrected chi connectivity index (χ0v) is 14.5. The zero-order chi connectivity index (χ0) is 19.1. The van der Waals surface area contributed by atoms with E-state index >= 15 is 0 Å². The van der Waals surface area contributed by atoms with Crippen molar-refractivity contribution < 1.29 is 19.7 Å². The molecule has 0 atom stereocenters. The van der Waals surface area contributed by atoms with Crippen LogP contribution in [0.15, 0.2) is 24.3 Å². The lowest BCUT2D eigenvalue weighted by Crippen LogP contribution is -2.12. The summed E-state index contributed by atoms with van der Waals surface area (Å²) in [5, 5.41) is 26.2. The number of nitrogen functional groups attached to an aromatic ring is 1. The Balaban J connectivity index is 0.000000758. The van der Waals surface area contributed by atoms with Gasteiger partial charge in [-0.25, -0.2) is 4.98 Å². The Hall–Kier alpha value is -3.27. The highest BCUT2D eigenvalue weighted by Crippen LogP contribution is 2.40. The van der Waals surface area contributed by atoms with Crippen LogP contribution in [0.2, 0.25) is 0 Å². The molecule has 4 N–H and O–H groups in total. The molecule has 0 bridgehead atoms. The molecule has 1 fully saturated rings. The van der Waals surface area contributed by atoms with Crippen LogP contribution in [0.25, 0.3) is 11.1 Å². The molecule has 1 aliphatic rings.